The standard InChI is InChI=1S/C23H17ClFN3O2S/c24-17-8-6-7-16(13-17)14-30-21(29)15-31-23-27-26-22(19-11-4-5-12-20(19)25)28(23)18-9-2-1-3-10-18/h1-13H,14-15H2. The number of para-hydroxylation sites is 1. The van der Waals surface area contributed by atoms with E-state index in [-0.39, 0.29) is 12.4 Å². The number of benzene rings is 3. The number of aromatic nitrogens is 3. The Morgan fingerprint density at radius 3 is 2.55 bits per heavy atom. The van der Waals surface area contributed by atoms with Gasteiger partial charge in [-0.25, -0.2) is 4.39 Å². The molecule has 0 atom stereocenters. The minimum absolute atomic E-state index is 0.0306. The van der Waals surface area contributed by atoms with E-state index in [1.165, 1.54) is 17.8 Å². The molecule has 0 bridgehead atoms. The minimum Gasteiger partial charge on any atom is -0.460 e. The highest BCUT2D eigenvalue weighted by Crippen LogP contribution is 2.29. The van der Waals surface area contributed by atoms with E-state index in [0.29, 0.717) is 21.6 Å². The fourth-order valence-corrected chi connectivity index (χ4v) is 3.91. The molecule has 1 heterocycles. The molecule has 0 aliphatic carbocycles. The smallest absolute Gasteiger partial charge is 0.316 e. The average Bonchev–Trinajstić information content (AvgIpc) is 3.21. The molecule has 4 rings (SSSR count). The van der Waals surface area contributed by atoms with Gasteiger partial charge in [-0.15, -0.1) is 10.2 Å². The van der Waals surface area contributed by atoms with Crippen LogP contribution in [-0.2, 0) is 16.1 Å². The van der Waals surface area contributed by atoms with E-state index < -0.39 is 11.8 Å². The van der Waals surface area contributed by atoms with Crippen molar-refractivity contribution < 1.29 is 13.9 Å². The number of hydrogen-bond donors (Lipinski definition) is 0. The molecule has 8 heteroatoms. The molecular weight excluding hydrogens is 437 g/mol. The molecule has 0 spiro atoms. The molecule has 0 saturated heterocycles. The quantitative estimate of drug-likeness (QED) is 0.271. The summed E-state index contributed by atoms with van der Waals surface area (Å²) in [4.78, 5) is 12.3. The van der Waals surface area contributed by atoms with Gasteiger partial charge in [0.25, 0.3) is 0 Å². The Kier molecular flexibility index (Phi) is 6.64. The Morgan fingerprint density at radius 1 is 1.00 bits per heavy atom. The lowest BCUT2D eigenvalue weighted by Crippen LogP contribution is -2.08. The van der Waals surface area contributed by atoms with Crippen molar-refractivity contribution in [3.05, 3.63) is 95.3 Å². The van der Waals surface area contributed by atoms with Crippen LogP contribution >= 0.6 is 23.4 Å². The summed E-state index contributed by atoms with van der Waals surface area (Å²) in [5.74, 6) is -0.410. The number of carbonyl (C=O) groups is 1. The van der Waals surface area contributed by atoms with Gasteiger partial charge in [0, 0.05) is 10.7 Å². The number of carbonyl (C=O) groups excluding carboxylic acids is 1. The van der Waals surface area contributed by atoms with Crippen molar-refractivity contribution in [3.63, 3.8) is 0 Å². The fourth-order valence-electron chi connectivity index (χ4n) is 2.95. The van der Waals surface area contributed by atoms with Crippen LogP contribution < -0.4 is 0 Å². The van der Waals surface area contributed by atoms with Gasteiger partial charge >= 0.3 is 5.97 Å². The topological polar surface area (TPSA) is 57.0 Å². The number of thioether (sulfide) groups is 1. The molecule has 0 saturated carbocycles. The first-order valence-electron chi connectivity index (χ1n) is 9.40. The summed E-state index contributed by atoms with van der Waals surface area (Å²) in [5.41, 5.74) is 1.90. The van der Waals surface area contributed by atoms with Gasteiger partial charge in [-0.05, 0) is 42.0 Å². The maximum Gasteiger partial charge on any atom is 0.316 e. The van der Waals surface area contributed by atoms with E-state index in [9.17, 15) is 9.18 Å². The predicted molar refractivity (Wildman–Crippen MR) is 119 cm³/mol. The predicted octanol–water partition coefficient (Wildman–Crippen LogP) is 5.56. The van der Waals surface area contributed by atoms with Crippen LogP contribution in [0.5, 0.6) is 0 Å². The highest BCUT2D eigenvalue weighted by Gasteiger charge is 2.19. The summed E-state index contributed by atoms with van der Waals surface area (Å²) in [7, 11) is 0. The van der Waals surface area contributed by atoms with E-state index in [4.69, 9.17) is 16.3 Å². The molecular formula is C23H17ClFN3O2S. The van der Waals surface area contributed by atoms with Crippen LogP contribution in [0, 0.1) is 5.82 Å². The number of ether oxygens (including phenoxy) is 1. The Morgan fingerprint density at radius 2 is 1.77 bits per heavy atom. The molecule has 31 heavy (non-hydrogen) atoms. The van der Waals surface area contributed by atoms with Crippen LogP contribution in [0.2, 0.25) is 5.02 Å². The zero-order chi connectivity index (χ0) is 21.6. The van der Waals surface area contributed by atoms with E-state index in [0.717, 1.165) is 11.3 Å². The molecule has 156 valence electrons. The second kappa shape index (κ2) is 9.76. The van der Waals surface area contributed by atoms with Crippen molar-refractivity contribution in [2.45, 2.75) is 11.8 Å². The summed E-state index contributed by atoms with van der Waals surface area (Å²) in [6.45, 7) is 0.131. The Labute approximate surface area is 187 Å². The van der Waals surface area contributed by atoms with Gasteiger partial charge in [0.1, 0.15) is 12.4 Å². The lowest BCUT2D eigenvalue weighted by molar-refractivity contribution is -0.141. The largest absolute Gasteiger partial charge is 0.460 e. The van der Waals surface area contributed by atoms with Crippen molar-refractivity contribution in [1.29, 1.82) is 0 Å². The normalized spacial score (nSPS) is 10.8. The molecule has 5 nitrogen and oxygen atoms in total. The van der Waals surface area contributed by atoms with Crippen molar-refractivity contribution >= 4 is 29.3 Å². The molecule has 1 aromatic heterocycles. The van der Waals surface area contributed by atoms with E-state index in [2.05, 4.69) is 10.2 Å². The summed E-state index contributed by atoms with van der Waals surface area (Å²) in [6.07, 6.45) is 0. The summed E-state index contributed by atoms with van der Waals surface area (Å²) in [6, 6.07) is 22.9. The van der Waals surface area contributed by atoms with Crippen molar-refractivity contribution in [1.82, 2.24) is 14.8 Å². The molecule has 0 amide bonds. The Balaban J connectivity index is 1.53. The number of rotatable bonds is 7. The molecule has 0 radical (unpaired) electrons. The highest BCUT2D eigenvalue weighted by molar-refractivity contribution is 7.99. The average molecular weight is 454 g/mol. The third kappa shape index (κ3) is 5.13. The van der Waals surface area contributed by atoms with Crippen LogP contribution in [0.3, 0.4) is 0 Å². The summed E-state index contributed by atoms with van der Waals surface area (Å²) >= 11 is 7.13. The Hall–Kier alpha value is -3.16. The van der Waals surface area contributed by atoms with Gasteiger partial charge in [-0.3, -0.25) is 9.36 Å². The van der Waals surface area contributed by atoms with Crippen LogP contribution in [0.25, 0.3) is 17.1 Å². The first-order valence-corrected chi connectivity index (χ1v) is 10.8. The van der Waals surface area contributed by atoms with E-state index >= 15 is 0 Å². The van der Waals surface area contributed by atoms with Gasteiger partial charge in [-0.2, -0.15) is 0 Å². The van der Waals surface area contributed by atoms with Crippen LogP contribution in [-0.4, -0.2) is 26.5 Å². The molecule has 0 fully saturated rings. The first-order chi connectivity index (χ1) is 15.1. The minimum atomic E-state index is -0.403. The molecule has 0 unspecified atom stereocenters. The fraction of sp³-hybridized carbons (Fsp3) is 0.0870. The number of hydrogen-bond acceptors (Lipinski definition) is 5. The van der Waals surface area contributed by atoms with Gasteiger partial charge in [0.15, 0.2) is 11.0 Å². The summed E-state index contributed by atoms with van der Waals surface area (Å²) < 4.78 is 21.5. The SMILES string of the molecule is O=C(CSc1nnc(-c2ccccc2F)n1-c1ccccc1)OCc1cccc(Cl)c1. The van der Waals surface area contributed by atoms with E-state index in [1.54, 1.807) is 41.0 Å². The zero-order valence-electron chi connectivity index (χ0n) is 16.2. The van der Waals surface area contributed by atoms with E-state index in [1.807, 2.05) is 36.4 Å². The lowest BCUT2D eigenvalue weighted by Gasteiger charge is -2.11. The van der Waals surface area contributed by atoms with Crippen molar-refractivity contribution in [2.75, 3.05) is 5.75 Å². The monoisotopic (exact) mass is 453 g/mol. The lowest BCUT2D eigenvalue weighted by atomic mass is 10.2. The Bertz CT molecular complexity index is 1200. The van der Waals surface area contributed by atoms with Crippen LogP contribution in [0.4, 0.5) is 4.39 Å². The zero-order valence-corrected chi connectivity index (χ0v) is 17.8. The third-order valence-corrected chi connectivity index (χ3v) is 5.51. The van der Waals surface area contributed by atoms with Crippen molar-refractivity contribution in [2.24, 2.45) is 0 Å². The molecule has 3 aromatic carbocycles. The molecule has 4 aromatic rings. The molecule has 0 N–H and O–H groups in total. The number of halogens is 2. The third-order valence-electron chi connectivity index (χ3n) is 4.37. The maximum absolute atomic E-state index is 14.4. The number of nitrogens with zero attached hydrogens (tertiary/aromatic N) is 3. The second-order valence-corrected chi connectivity index (χ2v) is 7.92. The van der Waals surface area contributed by atoms with Gasteiger partial charge in [0.05, 0.1) is 11.3 Å². The number of esters is 1. The van der Waals surface area contributed by atoms with Gasteiger partial charge in [0.2, 0.25) is 0 Å². The van der Waals surface area contributed by atoms with Crippen molar-refractivity contribution in [3.8, 4) is 17.1 Å². The van der Waals surface area contributed by atoms with Crippen LogP contribution in [0.1, 0.15) is 5.56 Å². The highest BCUT2D eigenvalue weighted by atomic mass is 35.5. The molecule has 0 aliphatic heterocycles. The van der Waals surface area contributed by atoms with Crippen LogP contribution in [0.15, 0.2) is 84.0 Å². The van der Waals surface area contributed by atoms with Gasteiger partial charge < -0.3 is 4.74 Å². The second-order valence-electron chi connectivity index (χ2n) is 6.54. The summed E-state index contributed by atoms with van der Waals surface area (Å²) in [5, 5.41) is 9.43. The van der Waals surface area contributed by atoms with Gasteiger partial charge in [-0.1, -0.05) is 65.8 Å². The first kappa shape index (κ1) is 21.1. The maximum atomic E-state index is 14.4. The molecule has 0 aliphatic rings.